The average Bonchev–Trinajstić information content (AvgIpc) is 3.04. The number of aromatic carboxylic acids is 1. The van der Waals surface area contributed by atoms with Gasteiger partial charge in [-0.15, -0.1) is 0 Å². The molecule has 0 unspecified atom stereocenters. The molecule has 0 aliphatic carbocycles. The Morgan fingerprint density at radius 3 is 2.55 bits per heavy atom. The number of ether oxygens (including phenoxy) is 1. The molecule has 0 aliphatic rings. The van der Waals surface area contributed by atoms with Crippen LogP contribution in [0.2, 0.25) is 0 Å². The van der Waals surface area contributed by atoms with Crippen molar-refractivity contribution in [2.45, 2.75) is 0 Å². The molecule has 0 saturated carbocycles. The Morgan fingerprint density at radius 2 is 1.86 bits per heavy atom. The maximum atomic E-state index is 11.3. The highest BCUT2D eigenvalue weighted by Gasteiger charge is 2.13. The number of H-pyrrole nitrogens is 1. The van der Waals surface area contributed by atoms with Gasteiger partial charge in [0.25, 0.3) is 0 Å². The lowest BCUT2D eigenvalue weighted by molar-refractivity contribution is 0.0697. The van der Waals surface area contributed by atoms with E-state index in [0.717, 1.165) is 17.0 Å². The van der Waals surface area contributed by atoms with Crippen molar-refractivity contribution >= 4 is 5.97 Å². The van der Waals surface area contributed by atoms with Crippen LogP contribution in [0.4, 0.5) is 0 Å². The van der Waals surface area contributed by atoms with Crippen molar-refractivity contribution in [3.63, 3.8) is 0 Å². The molecular formula is C17H14N2O3. The third-order valence-corrected chi connectivity index (χ3v) is 3.41. The van der Waals surface area contributed by atoms with E-state index >= 15 is 0 Å². The third-order valence-electron chi connectivity index (χ3n) is 3.41. The Kier molecular flexibility index (Phi) is 3.62. The van der Waals surface area contributed by atoms with Crippen LogP contribution in [-0.2, 0) is 0 Å². The molecule has 2 aromatic carbocycles. The van der Waals surface area contributed by atoms with E-state index in [1.807, 2.05) is 30.3 Å². The summed E-state index contributed by atoms with van der Waals surface area (Å²) in [5, 5.41) is 16.4. The van der Waals surface area contributed by atoms with Crippen LogP contribution in [0.5, 0.6) is 5.75 Å². The van der Waals surface area contributed by atoms with Gasteiger partial charge in [-0.3, -0.25) is 5.10 Å². The fraction of sp³-hybridized carbons (Fsp3) is 0.0588. The number of hydrogen-bond acceptors (Lipinski definition) is 3. The number of methoxy groups -OCH3 is 1. The summed E-state index contributed by atoms with van der Waals surface area (Å²) in [4.78, 5) is 11.3. The van der Waals surface area contributed by atoms with Gasteiger partial charge in [0.15, 0.2) is 0 Å². The van der Waals surface area contributed by atoms with Crippen molar-refractivity contribution in [3.05, 3.63) is 60.2 Å². The highest BCUT2D eigenvalue weighted by Crippen LogP contribution is 2.27. The molecule has 5 heteroatoms. The van der Waals surface area contributed by atoms with Crippen LogP contribution >= 0.6 is 0 Å². The summed E-state index contributed by atoms with van der Waals surface area (Å²) in [6.07, 6.45) is 0. The first-order chi connectivity index (χ1) is 10.7. The van der Waals surface area contributed by atoms with E-state index in [2.05, 4.69) is 10.2 Å². The first kappa shape index (κ1) is 13.9. The Hall–Kier alpha value is -3.08. The fourth-order valence-corrected chi connectivity index (χ4v) is 2.27. The van der Waals surface area contributed by atoms with Crippen LogP contribution in [0.25, 0.3) is 22.5 Å². The summed E-state index contributed by atoms with van der Waals surface area (Å²) in [5.74, 6) is -0.190. The summed E-state index contributed by atoms with van der Waals surface area (Å²) in [7, 11) is 1.62. The van der Waals surface area contributed by atoms with E-state index in [1.165, 1.54) is 0 Å². The molecule has 3 rings (SSSR count). The van der Waals surface area contributed by atoms with Crippen molar-refractivity contribution in [1.82, 2.24) is 10.2 Å². The third kappa shape index (κ3) is 2.56. The van der Waals surface area contributed by atoms with Crippen LogP contribution in [0.15, 0.2) is 54.6 Å². The van der Waals surface area contributed by atoms with E-state index < -0.39 is 5.97 Å². The molecule has 1 heterocycles. The van der Waals surface area contributed by atoms with Crippen molar-refractivity contribution in [1.29, 1.82) is 0 Å². The number of hydrogen-bond donors (Lipinski definition) is 2. The number of carboxylic acids is 1. The normalized spacial score (nSPS) is 10.4. The maximum absolute atomic E-state index is 11.3. The first-order valence-corrected chi connectivity index (χ1v) is 6.71. The molecular weight excluding hydrogens is 280 g/mol. The Bertz CT molecular complexity index is 807. The number of carboxylic acid groups (broad SMARTS) is 1. The van der Waals surface area contributed by atoms with Crippen LogP contribution in [0.1, 0.15) is 10.4 Å². The van der Waals surface area contributed by atoms with Gasteiger partial charge in [0.1, 0.15) is 5.75 Å². The molecule has 1 aromatic heterocycles. The van der Waals surface area contributed by atoms with E-state index in [0.29, 0.717) is 11.3 Å². The summed E-state index contributed by atoms with van der Waals surface area (Å²) >= 11 is 0. The second-order valence-electron chi connectivity index (χ2n) is 4.75. The first-order valence-electron chi connectivity index (χ1n) is 6.71. The minimum atomic E-state index is -0.968. The number of carbonyl (C=O) groups is 1. The predicted octanol–water partition coefficient (Wildman–Crippen LogP) is 3.45. The van der Waals surface area contributed by atoms with E-state index in [4.69, 9.17) is 4.74 Å². The number of aromatic nitrogens is 2. The Morgan fingerprint density at radius 1 is 1.14 bits per heavy atom. The van der Waals surface area contributed by atoms with Crippen molar-refractivity contribution in [3.8, 4) is 28.3 Å². The number of nitrogens with zero attached hydrogens (tertiary/aromatic N) is 1. The quantitative estimate of drug-likeness (QED) is 0.772. The zero-order valence-electron chi connectivity index (χ0n) is 11.9. The van der Waals surface area contributed by atoms with Gasteiger partial charge < -0.3 is 9.84 Å². The Balaban J connectivity index is 1.98. The number of benzene rings is 2. The van der Waals surface area contributed by atoms with Gasteiger partial charge in [-0.2, -0.15) is 5.10 Å². The number of rotatable bonds is 4. The van der Waals surface area contributed by atoms with Gasteiger partial charge in [0, 0.05) is 5.56 Å². The molecule has 5 nitrogen and oxygen atoms in total. The van der Waals surface area contributed by atoms with Crippen molar-refractivity contribution in [2.75, 3.05) is 7.11 Å². The molecule has 0 atom stereocenters. The molecule has 0 spiro atoms. The molecule has 0 aliphatic heterocycles. The van der Waals surface area contributed by atoms with E-state index in [1.54, 1.807) is 31.4 Å². The second kappa shape index (κ2) is 5.73. The molecule has 2 N–H and O–H groups in total. The zero-order chi connectivity index (χ0) is 15.5. The predicted molar refractivity (Wildman–Crippen MR) is 83.0 cm³/mol. The molecule has 0 fully saturated rings. The standard InChI is InChI=1S/C17H14N2O3/c1-22-12-8-6-11(7-9-12)15-10-16(19-18-15)13-4-2-3-5-14(13)17(20)21/h2-10H,1H3,(H,18,19)(H,20,21). The van der Waals surface area contributed by atoms with Gasteiger partial charge in [-0.25, -0.2) is 4.79 Å². The molecule has 22 heavy (non-hydrogen) atoms. The lowest BCUT2D eigenvalue weighted by Gasteiger charge is -2.02. The maximum Gasteiger partial charge on any atom is 0.336 e. The lowest BCUT2D eigenvalue weighted by Crippen LogP contribution is -1.98. The summed E-state index contributed by atoms with van der Waals surface area (Å²) in [6.45, 7) is 0. The van der Waals surface area contributed by atoms with Gasteiger partial charge >= 0.3 is 5.97 Å². The molecule has 0 radical (unpaired) electrons. The monoisotopic (exact) mass is 294 g/mol. The van der Waals surface area contributed by atoms with Gasteiger partial charge in [-0.1, -0.05) is 18.2 Å². The molecule has 0 saturated heterocycles. The molecule has 0 amide bonds. The largest absolute Gasteiger partial charge is 0.497 e. The summed E-state index contributed by atoms with van der Waals surface area (Å²) in [6, 6.07) is 16.2. The highest BCUT2D eigenvalue weighted by molar-refractivity contribution is 5.95. The zero-order valence-corrected chi connectivity index (χ0v) is 11.9. The second-order valence-corrected chi connectivity index (χ2v) is 4.75. The molecule has 0 bridgehead atoms. The minimum Gasteiger partial charge on any atom is -0.497 e. The number of aromatic amines is 1. The SMILES string of the molecule is COc1ccc(-c2cc(-c3ccccc3C(=O)O)n[nH]2)cc1. The van der Waals surface area contributed by atoms with Crippen molar-refractivity contribution in [2.24, 2.45) is 0 Å². The Labute approximate surface area is 127 Å². The van der Waals surface area contributed by atoms with Crippen LogP contribution in [0.3, 0.4) is 0 Å². The summed E-state index contributed by atoms with van der Waals surface area (Å²) in [5.41, 5.74) is 3.19. The van der Waals surface area contributed by atoms with Gasteiger partial charge in [-0.05, 0) is 42.0 Å². The number of nitrogens with one attached hydrogen (secondary N) is 1. The van der Waals surface area contributed by atoms with E-state index in [9.17, 15) is 9.90 Å². The van der Waals surface area contributed by atoms with Gasteiger partial charge in [0.05, 0.1) is 24.1 Å². The molecule has 110 valence electrons. The smallest absolute Gasteiger partial charge is 0.336 e. The van der Waals surface area contributed by atoms with Crippen molar-refractivity contribution < 1.29 is 14.6 Å². The highest BCUT2D eigenvalue weighted by atomic mass is 16.5. The van der Waals surface area contributed by atoms with E-state index in [-0.39, 0.29) is 5.56 Å². The van der Waals surface area contributed by atoms with Crippen LogP contribution < -0.4 is 4.74 Å². The minimum absolute atomic E-state index is 0.232. The van der Waals surface area contributed by atoms with Gasteiger partial charge in [0.2, 0.25) is 0 Å². The lowest BCUT2D eigenvalue weighted by atomic mass is 10.0. The molecule has 3 aromatic rings. The topological polar surface area (TPSA) is 75.2 Å². The fourth-order valence-electron chi connectivity index (χ4n) is 2.27. The average molecular weight is 294 g/mol. The summed E-state index contributed by atoms with van der Waals surface area (Å²) < 4.78 is 5.13. The van der Waals surface area contributed by atoms with Crippen LogP contribution in [-0.4, -0.2) is 28.4 Å². The van der Waals surface area contributed by atoms with Crippen LogP contribution in [0, 0.1) is 0 Å².